The van der Waals surface area contributed by atoms with Crippen LogP contribution >= 0.6 is 0 Å². The summed E-state index contributed by atoms with van der Waals surface area (Å²) in [7, 11) is 1.56. The Morgan fingerprint density at radius 3 is 2.78 bits per heavy atom. The topological polar surface area (TPSA) is 99.2 Å². The quantitative estimate of drug-likeness (QED) is 0.407. The molecule has 0 spiro atoms. The number of likely N-dealkylation sites (N-methyl/N-ethyl adjacent to an activating group) is 1. The highest BCUT2D eigenvalue weighted by molar-refractivity contribution is 6.04. The highest BCUT2D eigenvalue weighted by Gasteiger charge is 2.30. The smallest absolute Gasteiger partial charge is 0.325 e. The Bertz CT molecular complexity index is 317. The molecule has 0 aromatic heterocycles. The minimum absolute atomic E-state index is 0.0601. The van der Waals surface area contributed by atoms with Crippen molar-refractivity contribution in [2.45, 2.75) is 0 Å². The third-order valence-electron chi connectivity index (χ3n) is 2.46. The van der Waals surface area contributed by atoms with Crippen LogP contribution in [0.4, 0.5) is 4.79 Å². The van der Waals surface area contributed by atoms with Gasteiger partial charge in [-0.25, -0.2) is 4.79 Å². The highest BCUT2D eigenvalue weighted by Crippen LogP contribution is 2.00. The zero-order valence-electron chi connectivity index (χ0n) is 10.2. The van der Waals surface area contributed by atoms with Gasteiger partial charge in [0.1, 0.15) is 6.54 Å². The standard InChI is InChI=1S/C10H17N3O5/c1-12(2-4-18-5-3-14)9(16)7-13-8(15)6-11-10(13)17/h14H,2-7H2,1H3,(H,11,17). The van der Waals surface area contributed by atoms with Crippen LogP contribution in [0.5, 0.6) is 0 Å². The monoisotopic (exact) mass is 259 g/mol. The largest absolute Gasteiger partial charge is 0.394 e. The molecule has 4 amide bonds. The number of hydrogen-bond donors (Lipinski definition) is 2. The van der Waals surface area contributed by atoms with Gasteiger partial charge in [0.2, 0.25) is 5.91 Å². The fourth-order valence-corrected chi connectivity index (χ4v) is 1.36. The van der Waals surface area contributed by atoms with Crippen LogP contribution in [0.25, 0.3) is 0 Å². The van der Waals surface area contributed by atoms with E-state index in [1.807, 2.05) is 0 Å². The molecule has 1 heterocycles. The molecule has 0 aromatic rings. The minimum Gasteiger partial charge on any atom is -0.394 e. The number of carbonyl (C=O) groups excluding carboxylic acids is 3. The number of ether oxygens (including phenoxy) is 1. The molecule has 2 N–H and O–H groups in total. The van der Waals surface area contributed by atoms with Gasteiger partial charge >= 0.3 is 6.03 Å². The van der Waals surface area contributed by atoms with Crippen molar-refractivity contribution >= 4 is 17.8 Å². The number of nitrogens with zero attached hydrogens (tertiary/aromatic N) is 2. The lowest BCUT2D eigenvalue weighted by Gasteiger charge is -2.19. The van der Waals surface area contributed by atoms with Crippen molar-refractivity contribution in [2.75, 3.05) is 46.5 Å². The molecule has 0 atom stereocenters. The molecule has 18 heavy (non-hydrogen) atoms. The third kappa shape index (κ3) is 3.97. The first-order chi connectivity index (χ1) is 8.56. The van der Waals surface area contributed by atoms with Gasteiger partial charge in [0.05, 0.1) is 26.4 Å². The summed E-state index contributed by atoms with van der Waals surface area (Å²) in [6.07, 6.45) is 0. The maximum atomic E-state index is 11.7. The lowest BCUT2D eigenvalue weighted by atomic mass is 10.4. The van der Waals surface area contributed by atoms with Gasteiger partial charge in [0.25, 0.3) is 5.91 Å². The Hall–Kier alpha value is -1.67. The molecule has 102 valence electrons. The number of hydrogen-bond acceptors (Lipinski definition) is 5. The average Bonchev–Trinajstić information content (AvgIpc) is 2.66. The van der Waals surface area contributed by atoms with E-state index in [9.17, 15) is 14.4 Å². The molecule has 1 rings (SSSR count). The fraction of sp³-hybridized carbons (Fsp3) is 0.700. The molecule has 0 aliphatic carbocycles. The van der Waals surface area contributed by atoms with Crippen LogP contribution in [-0.4, -0.2) is 79.3 Å². The van der Waals surface area contributed by atoms with Gasteiger partial charge in [-0.3, -0.25) is 14.5 Å². The summed E-state index contributed by atoms with van der Waals surface area (Å²) in [5.74, 6) is -0.744. The molecule has 1 saturated heterocycles. The Kier molecular flexibility index (Phi) is 5.53. The maximum absolute atomic E-state index is 11.7. The zero-order chi connectivity index (χ0) is 13.5. The van der Waals surface area contributed by atoms with Crippen molar-refractivity contribution in [2.24, 2.45) is 0 Å². The van der Waals surface area contributed by atoms with E-state index < -0.39 is 11.9 Å². The number of urea groups is 1. The van der Waals surface area contributed by atoms with E-state index in [1.165, 1.54) is 4.90 Å². The Labute approximate surface area is 104 Å². The van der Waals surface area contributed by atoms with Gasteiger partial charge in [-0.15, -0.1) is 0 Å². The molecule has 0 bridgehead atoms. The van der Waals surface area contributed by atoms with Crippen molar-refractivity contribution < 1.29 is 24.2 Å². The van der Waals surface area contributed by atoms with E-state index in [0.29, 0.717) is 13.2 Å². The van der Waals surface area contributed by atoms with Crippen LogP contribution in [0, 0.1) is 0 Å². The number of nitrogens with one attached hydrogen (secondary N) is 1. The summed E-state index contributed by atoms with van der Waals surface area (Å²) < 4.78 is 5.01. The van der Waals surface area contributed by atoms with Gasteiger partial charge < -0.3 is 20.1 Å². The van der Waals surface area contributed by atoms with Gasteiger partial charge in [-0.1, -0.05) is 0 Å². The molecule has 1 aliphatic heterocycles. The minimum atomic E-state index is -0.543. The molecule has 0 saturated carbocycles. The van der Waals surface area contributed by atoms with Crippen molar-refractivity contribution in [1.82, 2.24) is 15.1 Å². The second-order valence-electron chi connectivity index (χ2n) is 3.79. The Morgan fingerprint density at radius 2 is 2.22 bits per heavy atom. The first-order valence-corrected chi connectivity index (χ1v) is 5.57. The van der Waals surface area contributed by atoms with Crippen molar-refractivity contribution in [3.63, 3.8) is 0 Å². The number of amides is 4. The third-order valence-corrected chi connectivity index (χ3v) is 2.46. The van der Waals surface area contributed by atoms with E-state index in [4.69, 9.17) is 9.84 Å². The second kappa shape index (κ2) is 6.92. The van der Waals surface area contributed by atoms with E-state index in [2.05, 4.69) is 5.32 Å². The molecule has 0 radical (unpaired) electrons. The summed E-state index contributed by atoms with van der Waals surface area (Å²) in [6.45, 7) is 0.456. The molecule has 1 fully saturated rings. The second-order valence-corrected chi connectivity index (χ2v) is 3.79. The summed E-state index contributed by atoms with van der Waals surface area (Å²) in [5, 5.41) is 10.8. The molecule has 8 nitrogen and oxygen atoms in total. The summed E-state index contributed by atoms with van der Waals surface area (Å²) in [6, 6.07) is -0.543. The van der Waals surface area contributed by atoms with Crippen LogP contribution < -0.4 is 5.32 Å². The molecule has 0 aromatic carbocycles. The van der Waals surface area contributed by atoms with E-state index >= 15 is 0 Å². The normalized spacial score (nSPS) is 14.9. The lowest BCUT2D eigenvalue weighted by Crippen LogP contribution is -2.42. The number of aliphatic hydroxyl groups excluding tert-OH is 1. The van der Waals surface area contributed by atoms with Crippen LogP contribution in [0.15, 0.2) is 0 Å². The number of rotatable bonds is 7. The number of imide groups is 1. The zero-order valence-corrected chi connectivity index (χ0v) is 10.2. The molecular weight excluding hydrogens is 242 g/mol. The van der Waals surface area contributed by atoms with Crippen LogP contribution in [-0.2, 0) is 14.3 Å². The summed E-state index contributed by atoms with van der Waals surface area (Å²) >= 11 is 0. The van der Waals surface area contributed by atoms with E-state index in [0.717, 1.165) is 4.90 Å². The number of aliphatic hydroxyl groups is 1. The fourth-order valence-electron chi connectivity index (χ4n) is 1.36. The van der Waals surface area contributed by atoms with E-state index in [1.54, 1.807) is 7.05 Å². The van der Waals surface area contributed by atoms with Gasteiger partial charge in [0, 0.05) is 13.6 Å². The predicted molar refractivity (Wildman–Crippen MR) is 60.7 cm³/mol. The van der Waals surface area contributed by atoms with Gasteiger partial charge in [0.15, 0.2) is 0 Å². The average molecular weight is 259 g/mol. The Morgan fingerprint density at radius 1 is 1.50 bits per heavy atom. The Balaban J connectivity index is 2.31. The molecule has 0 unspecified atom stereocenters. The predicted octanol–water partition coefficient (Wildman–Crippen LogP) is -1.99. The van der Waals surface area contributed by atoms with Crippen LogP contribution in [0.1, 0.15) is 0 Å². The number of carbonyl (C=O) groups is 3. The molecule has 8 heteroatoms. The van der Waals surface area contributed by atoms with E-state index in [-0.39, 0.29) is 32.2 Å². The first-order valence-electron chi connectivity index (χ1n) is 5.57. The summed E-state index contributed by atoms with van der Waals surface area (Å²) in [4.78, 5) is 36.4. The van der Waals surface area contributed by atoms with Crippen molar-refractivity contribution in [3.05, 3.63) is 0 Å². The van der Waals surface area contributed by atoms with Gasteiger partial charge in [-0.05, 0) is 0 Å². The van der Waals surface area contributed by atoms with Crippen LogP contribution in [0.2, 0.25) is 0 Å². The SMILES string of the molecule is CN(CCOCCO)C(=O)CN1C(=O)CNC1=O. The summed E-state index contributed by atoms with van der Waals surface area (Å²) in [5.41, 5.74) is 0. The highest BCUT2D eigenvalue weighted by atomic mass is 16.5. The molecular formula is C10H17N3O5. The van der Waals surface area contributed by atoms with Crippen molar-refractivity contribution in [1.29, 1.82) is 0 Å². The lowest BCUT2D eigenvalue weighted by molar-refractivity contribution is -0.136. The van der Waals surface area contributed by atoms with Gasteiger partial charge in [-0.2, -0.15) is 0 Å². The molecule has 1 aliphatic rings. The first kappa shape index (κ1) is 14.4. The van der Waals surface area contributed by atoms with Crippen molar-refractivity contribution in [3.8, 4) is 0 Å². The van der Waals surface area contributed by atoms with Crippen LogP contribution in [0.3, 0.4) is 0 Å². The maximum Gasteiger partial charge on any atom is 0.325 e.